The number of rotatable bonds is 6. The fraction of sp³-hybridized carbons (Fsp3) is 0.357. The highest BCUT2D eigenvalue weighted by Gasteiger charge is 2.42. The minimum atomic E-state index is -1.96. The van der Waals surface area contributed by atoms with Crippen LogP contribution in [0.2, 0.25) is 0 Å². The van der Waals surface area contributed by atoms with Crippen molar-refractivity contribution in [1.29, 1.82) is 0 Å². The van der Waals surface area contributed by atoms with E-state index in [1.54, 1.807) is 12.1 Å². The van der Waals surface area contributed by atoms with Crippen LogP contribution in [0.3, 0.4) is 0 Å². The number of ether oxygens (including phenoxy) is 2. The minimum Gasteiger partial charge on any atom is -0.494 e. The van der Waals surface area contributed by atoms with Crippen LogP contribution in [0.4, 0.5) is 5.13 Å². The fourth-order valence-corrected chi connectivity index (χ4v) is 2.60. The smallest absolute Gasteiger partial charge is 0.345 e. The molecule has 0 fully saturated rings. The van der Waals surface area contributed by atoms with Crippen LogP contribution < -0.4 is 10.1 Å². The number of thiazole rings is 1. The van der Waals surface area contributed by atoms with Crippen molar-refractivity contribution in [3.8, 4) is 5.75 Å². The van der Waals surface area contributed by atoms with Crippen LogP contribution in [0, 0.1) is 0 Å². The van der Waals surface area contributed by atoms with Crippen LogP contribution >= 0.6 is 11.3 Å². The summed E-state index contributed by atoms with van der Waals surface area (Å²) in [6.07, 6.45) is 0. The second-order valence-electron chi connectivity index (χ2n) is 4.58. The van der Waals surface area contributed by atoms with Crippen molar-refractivity contribution in [3.63, 3.8) is 0 Å². The topological polar surface area (TPSA) is 97.8 Å². The maximum absolute atomic E-state index is 12.1. The minimum absolute atomic E-state index is 0.304. The highest BCUT2D eigenvalue weighted by Crippen LogP contribution is 2.30. The molecule has 0 aliphatic carbocycles. The van der Waals surface area contributed by atoms with E-state index in [4.69, 9.17) is 14.6 Å². The van der Waals surface area contributed by atoms with E-state index in [2.05, 4.69) is 10.3 Å². The van der Waals surface area contributed by atoms with Gasteiger partial charge in [-0.15, -0.1) is 0 Å². The number of amides is 1. The predicted molar refractivity (Wildman–Crippen MR) is 82.5 cm³/mol. The van der Waals surface area contributed by atoms with Crippen LogP contribution in [0.1, 0.15) is 13.8 Å². The molecule has 0 radical (unpaired) electrons. The molecule has 1 atom stereocenters. The number of carbonyl (C=O) groups excluding carboxylic acids is 1. The highest BCUT2D eigenvalue weighted by atomic mass is 32.1. The van der Waals surface area contributed by atoms with Gasteiger partial charge >= 0.3 is 5.97 Å². The number of fused-ring (bicyclic) bond motifs is 1. The zero-order valence-corrected chi connectivity index (χ0v) is 13.2. The highest BCUT2D eigenvalue weighted by molar-refractivity contribution is 7.22. The van der Waals surface area contributed by atoms with E-state index < -0.39 is 17.5 Å². The van der Waals surface area contributed by atoms with E-state index in [1.807, 2.05) is 13.0 Å². The molecule has 1 aromatic heterocycles. The Bertz CT molecular complexity index is 714. The summed E-state index contributed by atoms with van der Waals surface area (Å²) in [5.41, 5.74) is -1.27. The average Bonchev–Trinajstić information content (AvgIpc) is 2.87. The molecule has 0 saturated carbocycles. The van der Waals surface area contributed by atoms with Gasteiger partial charge in [-0.2, -0.15) is 0 Å². The third-order valence-corrected chi connectivity index (χ3v) is 4.07. The maximum atomic E-state index is 12.1. The SMILES string of the molecule is CCOc1ccc2nc(NC(=O)C(C)(OC)C(=O)O)sc2c1. The Morgan fingerprint density at radius 3 is 2.77 bits per heavy atom. The molecule has 0 aliphatic heterocycles. The fourth-order valence-electron chi connectivity index (χ4n) is 1.71. The Kier molecular flexibility index (Phi) is 4.62. The van der Waals surface area contributed by atoms with Crippen LogP contribution in [0.25, 0.3) is 10.2 Å². The summed E-state index contributed by atoms with van der Waals surface area (Å²) < 4.78 is 11.0. The van der Waals surface area contributed by atoms with E-state index in [0.717, 1.165) is 4.70 Å². The summed E-state index contributed by atoms with van der Waals surface area (Å²) in [6.45, 7) is 3.63. The summed E-state index contributed by atoms with van der Waals surface area (Å²) in [5.74, 6) is -1.44. The van der Waals surface area contributed by atoms with Crippen LogP contribution in [-0.2, 0) is 14.3 Å². The Balaban J connectivity index is 2.25. The van der Waals surface area contributed by atoms with Crippen molar-refractivity contribution in [3.05, 3.63) is 18.2 Å². The van der Waals surface area contributed by atoms with Gasteiger partial charge in [-0.25, -0.2) is 9.78 Å². The van der Waals surface area contributed by atoms with Crippen molar-refractivity contribution in [2.45, 2.75) is 19.4 Å². The van der Waals surface area contributed by atoms with Crippen LogP contribution in [0.15, 0.2) is 18.2 Å². The molecular weight excluding hydrogens is 308 g/mol. The summed E-state index contributed by atoms with van der Waals surface area (Å²) in [4.78, 5) is 27.5. The first-order valence-corrected chi connectivity index (χ1v) is 7.35. The van der Waals surface area contributed by atoms with Gasteiger partial charge < -0.3 is 14.6 Å². The molecule has 1 unspecified atom stereocenters. The van der Waals surface area contributed by atoms with Gasteiger partial charge in [0.25, 0.3) is 5.91 Å². The van der Waals surface area contributed by atoms with Crippen molar-refractivity contribution in [1.82, 2.24) is 4.98 Å². The largest absolute Gasteiger partial charge is 0.494 e. The number of benzene rings is 1. The zero-order chi connectivity index (χ0) is 16.3. The van der Waals surface area contributed by atoms with Crippen LogP contribution in [0.5, 0.6) is 5.75 Å². The molecule has 0 bridgehead atoms. The van der Waals surface area contributed by atoms with E-state index in [1.165, 1.54) is 25.4 Å². The molecular formula is C14H16N2O5S. The number of methoxy groups -OCH3 is 1. The lowest BCUT2D eigenvalue weighted by Gasteiger charge is -2.20. The number of aliphatic carboxylic acids is 1. The third kappa shape index (κ3) is 3.02. The molecule has 1 heterocycles. The monoisotopic (exact) mass is 324 g/mol. The molecule has 118 valence electrons. The lowest BCUT2D eigenvalue weighted by atomic mass is 10.1. The van der Waals surface area contributed by atoms with Crippen molar-refractivity contribution >= 4 is 38.6 Å². The molecule has 2 aromatic rings. The summed E-state index contributed by atoms with van der Waals surface area (Å²) in [7, 11) is 1.17. The molecule has 0 spiro atoms. The number of nitrogens with one attached hydrogen (secondary N) is 1. The lowest BCUT2D eigenvalue weighted by Crippen LogP contribution is -2.48. The Hall–Kier alpha value is -2.19. The second-order valence-corrected chi connectivity index (χ2v) is 5.61. The molecule has 0 saturated heterocycles. The first-order chi connectivity index (χ1) is 10.4. The van der Waals surface area contributed by atoms with Gasteiger partial charge in [-0.1, -0.05) is 11.3 Å². The molecule has 1 aromatic carbocycles. The standard InChI is InChI=1S/C14H16N2O5S/c1-4-21-8-5-6-9-10(7-8)22-13(15-9)16-11(17)14(2,20-3)12(18)19/h5-7H,4H2,1-3H3,(H,18,19)(H,15,16,17). The van der Waals surface area contributed by atoms with Gasteiger partial charge in [0.1, 0.15) is 5.75 Å². The van der Waals surface area contributed by atoms with Gasteiger partial charge in [0.05, 0.1) is 16.8 Å². The molecule has 1 amide bonds. The summed E-state index contributed by atoms with van der Waals surface area (Å²) in [5, 5.41) is 11.9. The first kappa shape index (κ1) is 16.2. The molecule has 7 nitrogen and oxygen atoms in total. The quantitative estimate of drug-likeness (QED) is 0.790. The molecule has 8 heteroatoms. The second kappa shape index (κ2) is 6.29. The van der Waals surface area contributed by atoms with Gasteiger partial charge in [-0.05, 0) is 32.0 Å². The number of carboxylic acid groups (broad SMARTS) is 1. The van der Waals surface area contributed by atoms with Crippen molar-refractivity contribution < 1.29 is 24.2 Å². The average molecular weight is 324 g/mol. The Morgan fingerprint density at radius 2 is 2.18 bits per heavy atom. The molecule has 0 aliphatic rings. The predicted octanol–water partition coefficient (Wildman–Crippen LogP) is 2.12. The van der Waals surface area contributed by atoms with Gasteiger partial charge in [-0.3, -0.25) is 10.1 Å². The van der Waals surface area contributed by atoms with Gasteiger partial charge in [0.15, 0.2) is 5.13 Å². The number of hydrogen-bond donors (Lipinski definition) is 2. The van der Waals surface area contributed by atoms with E-state index in [-0.39, 0.29) is 0 Å². The molecule has 22 heavy (non-hydrogen) atoms. The summed E-state index contributed by atoms with van der Waals surface area (Å²) >= 11 is 1.23. The zero-order valence-electron chi connectivity index (χ0n) is 12.4. The Labute approximate surface area is 130 Å². The van der Waals surface area contributed by atoms with E-state index in [9.17, 15) is 9.59 Å². The normalized spacial score (nSPS) is 13.6. The summed E-state index contributed by atoms with van der Waals surface area (Å²) in [6, 6.07) is 5.38. The first-order valence-electron chi connectivity index (χ1n) is 6.54. The van der Waals surface area contributed by atoms with Gasteiger partial charge in [0.2, 0.25) is 5.60 Å². The number of nitrogens with zero attached hydrogens (tertiary/aromatic N) is 1. The maximum Gasteiger partial charge on any atom is 0.345 e. The van der Waals surface area contributed by atoms with E-state index in [0.29, 0.717) is 23.0 Å². The lowest BCUT2D eigenvalue weighted by molar-refractivity contribution is -0.165. The molecule has 2 rings (SSSR count). The Morgan fingerprint density at radius 1 is 1.45 bits per heavy atom. The van der Waals surface area contributed by atoms with Crippen molar-refractivity contribution in [2.24, 2.45) is 0 Å². The van der Waals surface area contributed by atoms with Gasteiger partial charge in [0, 0.05) is 7.11 Å². The van der Waals surface area contributed by atoms with E-state index >= 15 is 0 Å². The number of hydrogen-bond acceptors (Lipinski definition) is 6. The number of anilines is 1. The number of aromatic nitrogens is 1. The third-order valence-electron chi connectivity index (χ3n) is 3.14. The number of carboxylic acids is 1. The molecule has 2 N–H and O–H groups in total. The van der Waals surface area contributed by atoms with Crippen molar-refractivity contribution in [2.75, 3.05) is 19.0 Å². The van der Waals surface area contributed by atoms with Crippen LogP contribution in [-0.4, -0.2) is 41.3 Å². The number of carbonyl (C=O) groups is 2.